The molecule has 1 aromatic carbocycles. The quantitative estimate of drug-likeness (QED) is 0.538. The van der Waals surface area contributed by atoms with Crippen molar-refractivity contribution in [2.75, 3.05) is 13.4 Å². The first-order chi connectivity index (χ1) is 13.8. The molecule has 0 spiro atoms. The molecule has 0 amide bonds. The third-order valence-corrected chi connectivity index (χ3v) is 5.48. The summed E-state index contributed by atoms with van der Waals surface area (Å²) < 4.78 is 39.4. The molecule has 0 aliphatic carbocycles. The monoisotopic (exact) mass is 406 g/mol. The highest BCUT2D eigenvalue weighted by molar-refractivity contribution is 6.11. The van der Waals surface area contributed by atoms with Gasteiger partial charge in [0.2, 0.25) is 18.2 Å². The van der Waals surface area contributed by atoms with Crippen molar-refractivity contribution >= 4 is 11.8 Å². The van der Waals surface area contributed by atoms with E-state index >= 15 is 0 Å². The lowest BCUT2D eigenvalue weighted by atomic mass is 9.89. The third-order valence-electron chi connectivity index (χ3n) is 5.48. The van der Waals surface area contributed by atoms with Crippen LogP contribution in [0.1, 0.15) is 26.3 Å². The minimum absolute atomic E-state index is 0.0146. The number of carbonyl (C=O) groups is 2. The first-order valence-corrected chi connectivity index (χ1v) is 9.62. The summed E-state index contributed by atoms with van der Waals surface area (Å²) in [6.45, 7) is 5.44. The second-order valence-electron chi connectivity index (χ2n) is 7.88. The molecule has 0 bridgehead atoms. The zero-order valence-corrected chi connectivity index (χ0v) is 16.3. The number of esters is 1. The van der Waals surface area contributed by atoms with Crippen LogP contribution in [0.15, 0.2) is 18.2 Å². The summed E-state index contributed by atoms with van der Waals surface area (Å²) in [6.07, 6.45) is -3.05. The average molecular weight is 406 g/mol. The summed E-state index contributed by atoms with van der Waals surface area (Å²) in [5.74, 6) is -0.926. The van der Waals surface area contributed by atoms with E-state index in [0.29, 0.717) is 17.1 Å². The molecule has 0 saturated carbocycles. The van der Waals surface area contributed by atoms with Gasteiger partial charge >= 0.3 is 5.97 Å². The van der Waals surface area contributed by atoms with Gasteiger partial charge in [-0.05, 0) is 38.5 Å². The molecule has 9 heteroatoms. The molecule has 0 radical (unpaired) electrons. The van der Waals surface area contributed by atoms with E-state index in [2.05, 4.69) is 0 Å². The second kappa shape index (κ2) is 6.40. The van der Waals surface area contributed by atoms with E-state index in [1.807, 2.05) is 0 Å². The van der Waals surface area contributed by atoms with E-state index in [4.69, 9.17) is 33.2 Å². The number of hydrogen-bond acceptors (Lipinski definition) is 9. The average Bonchev–Trinajstić information content (AvgIpc) is 3.38. The normalized spacial score (nSPS) is 36.2. The summed E-state index contributed by atoms with van der Waals surface area (Å²) in [7, 11) is 0. The molecule has 3 saturated heterocycles. The predicted molar refractivity (Wildman–Crippen MR) is 94.2 cm³/mol. The maximum Gasteiger partial charge on any atom is 0.346 e. The summed E-state index contributed by atoms with van der Waals surface area (Å²) >= 11 is 0. The van der Waals surface area contributed by atoms with Gasteiger partial charge in [0.05, 0.1) is 6.61 Å². The maximum atomic E-state index is 13.3. The van der Waals surface area contributed by atoms with Gasteiger partial charge in [-0.1, -0.05) is 6.07 Å². The van der Waals surface area contributed by atoms with Crippen molar-refractivity contribution in [3.8, 4) is 11.5 Å². The predicted octanol–water partition coefficient (Wildman–Crippen LogP) is 1.10. The molecular formula is C20H22O9. The van der Waals surface area contributed by atoms with Crippen LogP contribution in [0, 0.1) is 0 Å². The van der Waals surface area contributed by atoms with Crippen LogP contribution in [-0.2, 0) is 39.7 Å². The molecule has 5 rings (SSSR count). The van der Waals surface area contributed by atoms with Gasteiger partial charge in [-0.2, -0.15) is 0 Å². The molecule has 0 unspecified atom stereocenters. The Balaban J connectivity index is 1.46. The van der Waals surface area contributed by atoms with Gasteiger partial charge in [-0.3, -0.25) is 4.79 Å². The zero-order valence-electron chi connectivity index (χ0n) is 16.3. The first-order valence-electron chi connectivity index (χ1n) is 9.62. The van der Waals surface area contributed by atoms with Crippen LogP contribution < -0.4 is 9.47 Å². The van der Waals surface area contributed by atoms with E-state index < -0.39 is 47.7 Å². The number of rotatable bonds is 4. The van der Waals surface area contributed by atoms with Gasteiger partial charge in [0.1, 0.15) is 12.2 Å². The van der Waals surface area contributed by atoms with Gasteiger partial charge in [0.25, 0.3) is 0 Å². The maximum absolute atomic E-state index is 13.3. The lowest BCUT2D eigenvalue weighted by Crippen LogP contribution is -2.50. The van der Waals surface area contributed by atoms with E-state index in [1.54, 1.807) is 39.0 Å². The number of fused-ring (bicyclic) bond motifs is 4. The van der Waals surface area contributed by atoms with Crippen LogP contribution >= 0.6 is 0 Å². The van der Waals surface area contributed by atoms with Crippen molar-refractivity contribution in [3.63, 3.8) is 0 Å². The van der Waals surface area contributed by atoms with Gasteiger partial charge < -0.3 is 33.2 Å². The highest BCUT2D eigenvalue weighted by atomic mass is 16.8. The molecule has 1 aromatic rings. The Labute approximate surface area is 167 Å². The molecular weight excluding hydrogens is 384 g/mol. The minimum Gasteiger partial charge on any atom is -0.463 e. The van der Waals surface area contributed by atoms with Crippen molar-refractivity contribution in [2.24, 2.45) is 0 Å². The van der Waals surface area contributed by atoms with Crippen LogP contribution in [0.25, 0.3) is 0 Å². The Bertz CT molecular complexity index is 866. The molecule has 156 valence electrons. The van der Waals surface area contributed by atoms with Gasteiger partial charge in [0, 0.05) is 6.42 Å². The second-order valence-corrected chi connectivity index (χ2v) is 7.88. The highest BCUT2D eigenvalue weighted by Crippen LogP contribution is 2.46. The topological polar surface area (TPSA) is 98.8 Å². The Morgan fingerprint density at radius 3 is 2.72 bits per heavy atom. The molecule has 4 aliphatic rings. The lowest BCUT2D eigenvalue weighted by Gasteiger charge is -2.27. The molecule has 4 heterocycles. The van der Waals surface area contributed by atoms with Crippen molar-refractivity contribution in [1.29, 1.82) is 0 Å². The smallest absolute Gasteiger partial charge is 0.346 e. The van der Waals surface area contributed by atoms with E-state index in [0.717, 1.165) is 0 Å². The number of ketones is 1. The van der Waals surface area contributed by atoms with E-state index in [9.17, 15) is 9.59 Å². The Morgan fingerprint density at radius 1 is 1.14 bits per heavy atom. The van der Waals surface area contributed by atoms with Crippen LogP contribution in [0.3, 0.4) is 0 Å². The summed E-state index contributed by atoms with van der Waals surface area (Å²) in [4.78, 5) is 26.3. The molecule has 3 fully saturated rings. The molecule has 0 aromatic heterocycles. The Hall–Kier alpha value is -2.20. The van der Waals surface area contributed by atoms with Crippen LogP contribution in [0.4, 0.5) is 0 Å². The van der Waals surface area contributed by atoms with Crippen molar-refractivity contribution in [3.05, 3.63) is 23.8 Å². The number of ether oxygens (including phenoxy) is 7. The molecule has 0 N–H and O–H groups in total. The molecule has 4 aliphatic heterocycles. The number of benzene rings is 1. The third kappa shape index (κ3) is 2.83. The highest BCUT2D eigenvalue weighted by Gasteiger charge is 2.69. The lowest BCUT2D eigenvalue weighted by molar-refractivity contribution is -0.210. The van der Waals surface area contributed by atoms with Crippen LogP contribution in [-0.4, -0.2) is 61.1 Å². The largest absolute Gasteiger partial charge is 0.463 e. The Morgan fingerprint density at radius 2 is 1.93 bits per heavy atom. The van der Waals surface area contributed by atoms with E-state index in [-0.39, 0.29) is 19.8 Å². The minimum atomic E-state index is -1.82. The summed E-state index contributed by atoms with van der Waals surface area (Å²) in [5.41, 5.74) is -1.14. The molecule has 9 nitrogen and oxygen atoms in total. The fourth-order valence-electron chi connectivity index (χ4n) is 4.27. The van der Waals surface area contributed by atoms with Crippen molar-refractivity contribution < 1.29 is 42.7 Å². The standard InChI is InChI=1S/C20H22O9/c1-4-23-18(22)20(8-10-5-6-11-12(7-10)25-9-24-11)16(21)14-13(28-20)15-17(26-14)29-19(2,3)27-15/h5-7,13-15,17H,4,8-9H2,1-3H3/t13-,14-,15+,17+,20+/m0/s1. The molecule has 29 heavy (non-hydrogen) atoms. The number of hydrogen-bond donors (Lipinski definition) is 0. The SMILES string of the molecule is CCOC(=O)[C@]1(Cc2ccc3c(c2)OCO3)O[C@@H]2[C@H]3OC(C)(C)O[C@H]3O[C@@H]2C1=O. The number of Topliss-reactive ketones (excluding diaryl/α,β-unsaturated/α-hetero) is 1. The molecule has 5 atom stereocenters. The van der Waals surface area contributed by atoms with Gasteiger partial charge in [-0.15, -0.1) is 0 Å². The fraction of sp³-hybridized carbons (Fsp3) is 0.600. The van der Waals surface area contributed by atoms with Crippen molar-refractivity contribution in [1.82, 2.24) is 0 Å². The Kier molecular flexibility index (Phi) is 4.15. The van der Waals surface area contributed by atoms with Gasteiger partial charge in [0.15, 0.2) is 29.7 Å². The van der Waals surface area contributed by atoms with Crippen molar-refractivity contribution in [2.45, 2.75) is 63.2 Å². The first kappa shape index (κ1) is 18.8. The summed E-state index contributed by atoms with van der Waals surface area (Å²) in [6, 6.07) is 5.23. The van der Waals surface area contributed by atoms with Gasteiger partial charge in [-0.25, -0.2) is 4.79 Å². The summed E-state index contributed by atoms with van der Waals surface area (Å²) in [5, 5.41) is 0. The van der Waals surface area contributed by atoms with E-state index in [1.165, 1.54) is 0 Å². The van der Waals surface area contributed by atoms with Crippen LogP contribution in [0.5, 0.6) is 11.5 Å². The van der Waals surface area contributed by atoms with Crippen LogP contribution in [0.2, 0.25) is 0 Å². The fourth-order valence-corrected chi connectivity index (χ4v) is 4.27. The number of carbonyl (C=O) groups excluding carboxylic acids is 2. The zero-order chi connectivity index (χ0) is 20.4.